The smallest absolute Gasteiger partial charge is 0.153 e. The van der Waals surface area contributed by atoms with Gasteiger partial charge in [0.15, 0.2) is 15.6 Å². The van der Waals surface area contributed by atoms with Gasteiger partial charge in [-0.05, 0) is 13.8 Å². The van der Waals surface area contributed by atoms with E-state index in [4.69, 9.17) is 10.5 Å². The average molecular weight is 237 g/mol. The van der Waals surface area contributed by atoms with Crippen LogP contribution in [0.5, 0.6) is 0 Å². The van der Waals surface area contributed by atoms with Gasteiger partial charge in [0, 0.05) is 13.5 Å². The summed E-state index contributed by atoms with van der Waals surface area (Å²) in [6.07, 6.45) is -0.0367. The lowest BCUT2D eigenvalue weighted by Crippen LogP contribution is -2.36. The molecule has 0 saturated heterocycles. The molecule has 0 aliphatic rings. The highest BCUT2D eigenvalue weighted by Crippen LogP contribution is 2.03. The van der Waals surface area contributed by atoms with Gasteiger partial charge >= 0.3 is 0 Å². The Hall–Kier alpha value is -0.460. The summed E-state index contributed by atoms with van der Waals surface area (Å²) in [6.45, 7) is 3.31. The van der Waals surface area contributed by atoms with Gasteiger partial charge in [-0.2, -0.15) is 0 Å². The molecule has 1 atom stereocenters. The summed E-state index contributed by atoms with van der Waals surface area (Å²) in [4.78, 5) is 11.3. The SMILES string of the molecule is COCC(N)C(=O)CCS(=O)(=O)C(C)C. The van der Waals surface area contributed by atoms with Gasteiger partial charge in [0.1, 0.15) is 0 Å². The van der Waals surface area contributed by atoms with E-state index in [1.54, 1.807) is 13.8 Å². The molecule has 0 aromatic rings. The molecule has 0 amide bonds. The van der Waals surface area contributed by atoms with E-state index in [1.165, 1.54) is 7.11 Å². The Bertz CT molecular complexity index is 297. The third-order valence-corrected chi connectivity index (χ3v) is 4.32. The maximum absolute atomic E-state index is 11.4. The Labute approximate surface area is 90.9 Å². The molecule has 0 aliphatic carbocycles. The quantitative estimate of drug-likeness (QED) is 0.659. The summed E-state index contributed by atoms with van der Waals surface area (Å²) in [5.74, 6) is -0.415. The molecule has 0 bridgehead atoms. The van der Waals surface area contributed by atoms with Crippen LogP contribution < -0.4 is 5.73 Å². The number of sulfone groups is 1. The Kier molecular flexibility index (Phi) is 6.00. The van der Waals surface area contributed by atoms with Crippen LogP contribution in [0.2, 0.25) is 0 Å². The van der Waals surface area contributed by atoms with Gasteiger partial charge in [0.25, 0.3) is 0 Å². The fraction of sp³-hybridized carbons (Fsp3) is 0.889. The number of hydrogen-bond acceptors (Lipinski definition) is 5. The number of ketones is 1. The molecule has 0 aromatic carbocycles. The number of carbonyl (C=O) groups is 1. The van der Waals surface area contributed by atoms with Crippen LogP contribution in [-0.2, 0) is 19.4 Å². The zero-order chi connectivity index (χ0) is 12.1. The van der Waals surface area contributed by atoms with Crippen LogP contribution >= 0.6 is 0 Å². The minimum atomic E-state index is -3.16. The summed E-state index contributed by atoms with van der Waals surface area (Å²) >= 11 is 0. The molecule has 5 nitrogen and oxygen atoms in total. The highest BCUT2D eigenvalue weighted by atomic mass is 32.2. The summed E-state index contributed by atoms with van der Waals surface area (Å²) in [5, 5.41) is -0.455. The molecule has 0 spiro atoms. The van der Waals surface area contributed by atoms with Crippen molar-refractivity contribution in [3.8, 4) is 0 Å². The Balaban J connectivity index is 4.12. The molecule has 0 rings (SSSR count). The van der Waals surface area contributed by atoms with E-state index in [-0.39, 0.29) is 24.6 Å². The van der Waals surface area contributed by atoms with E-state index in [0.717, 1.165) is 0 Å². The first-order chi connectivity index (χ1) is 6.81. The van der Waals surface area contributed by atoms with Crippen molar-refractivity contribution in [3.63, 3.8) is 0 Å². The predicted octanol–water partition coefficient (Wildman–Crippen LogP) is -0.257. The number of rotatable bonds is 7. The second-order valence-electron chi connectivity index (χ2n) is 3.69. The first kappa shape index (κ1) is 14.5. The van der Waals surface area contributed by atoms with Crippen molar-refractivity contribution in [2.24, 2.45) is 5.73 Å². The van der Waals surface area contributed by atoms with Crippen molar-refractivity contribution in [3.05, 3.63) is 0 Å². The standard InChI is InChI=1S/C9H19NO4S/c1-7(2)15(12,13)5-4-9(11)8(10)6-14-3/h7-8H,4-6,10H2,1-3H3. The van der Waals surface area contributed by atoms with E-state index in [1.807, 2.05) is 0 Å². The summed E-state index contributed by atoms with van der Waals surface area (Å²) < 4.78 is 27.5. The first-order valence-electron chi connectivity index (χ1n) is 4.80. The number of carbonyl (C=O) groups excluding carboxylic acids is 1. The number of ether oxygens (including phenoxy) is 1. The molecule has 6 heteroatoms. The van der Waals surface area contributed by atoms with Crippen molar-refractivity contribution in [1.29, 1.82) is 0 Å². The van der Waals surface area contributed by atoms with E-state index >= 15 is 0 Å². The highest BCUT2D eigenvalue weighted by Gasteiger charge is 2.20. The lowest BCUT2D eigenvalue weighted by molar-refractivity contribution is -0.121. The highest BCUT2D eigenvalue weighted by molar-refractivity contribution is 7.91. The number of hydrogen-bond donors (Lipinski definition) is 1. The number of nitrogens with two attached hydrogens (primary N) is 1. The first-order valence-corrected chi connectivity index (χ1v) is 6.51. The van der Waals surface area contributed by atoms with Gasteiger partial charge in [-0.25, -0.2) is 8.42 Å². The van der Waals surface area contributed by atoms with Crippen LogP contribution in [0.3, 0.4) is 0 Å². The molecular formula is C9H19NO4S. The molecule has 0 aliphatic heterocycles. The van der Waals surface area contributed by atoms with E-state index in [2.05, 4.69) is 0 Å². The normalized spacial score (nSPS) is 14.2. The molecule has 0 heterocycles. The fourth-order valence-electron chi connectivity index (χ4n) is 0.936. The molecule has 0 radical (unpaired) electrons. The van der Waals surface area contributed by atoms with Crippen LogP contribution in [-0.4, -0.2) is 45.0 Å². The largest absolute Gasteiger partial charge is 0.383 e. The maximum atomic E-state index is 11.4. The molecule has 90 valence electrons. The molecule has 1 unspecified atom stereocenters. The number of Topliss-reactive ketones (excluding diaryl/α,β-unsaturated/α-hetero) is 1. The van der Waals surface area contributed by atoms with Gasteiger partial charge in [0.05, 0.1) is 23.7 Å². The summed E-state index contributed by atoms with van der Waals surface area (Å²) in [5.41, 5.74) is 5.46. The summed E-state index contributed by atoms with van der Waals surface area (Å²) in [6, 6.07) is -0.725. The van der Waals surface area contributed by atoms with Crippen LogP contribution in [0.25, 0.3) is 0 Å². The van der Waals surface area contributed by atoms with Crippen LogP contribution in [0, 0.1) is 0 Å². The Morgan fingerprint density at radius 1 is 1.40 bits per heavy atom. The second-order valence-corrected chi connectivity index (χ2v) is 6.37. The third kappa shape index (κ3) is 5.25. The van der Waals surface area contributed by atoms with Crippen molar-refractivity contribution in [2.75, 3.05) is 19.5 Å². The number of methoxy groups -OCH3 is 1. The maximum Gasteiger partial charge on any atom is 0.153 e. The van der Waals surface area contributed by atoms with Crippen LogP contribution in [0.15, 0.2) is 0 Å². The lowest BCUT2D eigenvalue weighted by atomic mass is 10.2. The van der Waals surface area contributed by atoms with Crippen molar-refractivity contribution >= 4 is 15.6 Å². The van der Waals surface area contributed by atoms with Gasteiger partial charge in [-0.1, -0.05) is 0 Å². The van der Waals surface area contributed by atoms with E-state index < -0.39 is 21.1 Å². The van der Waals surface area contributed by atoms with Crippen LogP contribution in [0.4, 0.5) is 0 Å². The van der Waals surface area contributed by atoms with Crippen molar-refractivity contribution < 1.29 is 17.9 Å². The van der Waals surface area contributed by atoms with E-state index in [9.17, 15) is 13.2 Å². The molecule has 0 saturated carbocycles. The van der Waals surface area contributed by atoms with E-state index in [0.29, 0.717) is 0 Å². The minimum absolute atomic E-state index is 0.0367. The zero-order valence-corrected chi connectivity index (χ0v) is 10.2. The van der Waals surface area contributed by atoms with Gasteiger partial charge in [-0.3, -0.25) is 4.79 Å². The van der Waals surface area contributed by atoms with Crippen LogP contribution in [0.1, 0.15) is 20.3 Å². The van der Waals surface area contributed by atoms with Gasteiger partial charge in [0.2, 0.25) is 0 Å². The monoisotopic (exact) mass is 237 g/mol. The Morgan fingerprint density at radius 3 is 2.33 bits per heavy atom. The third-order valence-electron chi connectivity index (χ3n) is 2.11. The van der Waals surface area contributed by atoms with Gasteiger partial charge in [-0.15, -0.1) is 0 Å². The molecule has 0 fully saturated rings. The van der Waals surface area contributed by atoms with Crippen molar-refractivity contribution in [2.45, 2.75) is 31.6 Å². The predicted molar refractivity (Wildman–Crippen MR) is 58.4 cm³/mol. The Morgan fingerprint density at radius 2 is 1.93 bits per heavy atom. The topological polar surface area (TPSA) is 86.5 Å². The minimum Gasteiger partial charge on any atom is -0.383 e. The average Bonchev–Trinajstić information content (AvgIpc) is 2.14. The molecule has 15 heavy (non-hydrogen) atoms. The second kappa shape index (κ2) is 6.19. The van der Waals surface area contributed by atoms with Crippen molar-refractivity contribution in [1.82, 2.24) is 0 Å². The molecule has 0 aromatic heterocycles. The molecule has 2 N–H and O–H groups in total. The lowest BCUT2D eigenvalue weighted by Gasteiger charge is -2.10. The zero-order valence-electron chi connectivity index (χ0n) is 9.39. The summed E-state index contributed by atoms with van der Waals surface area (Å²) in [7, 11) is -1.72. The fourth-order valence-corrected chi connectivity index (χ4v) is 1.89. The van der Waals surface area contributed by atoms with Gasteiger partial charge < -0.3 is 10.5 Å². The molecular weight excluding hydrogens is 218 g/mol.